The summed E-state index contributed by atoms with van der Waals surface area (Å²) in [5, 5.41) is 5.44. The predicted octanol–water partition coefficient (Wildman–Crippen LogP) is 2.68. The molecule has 0 aliphatic carbocycles. The standard InChI is InChI=1S/C18H19BrN2O3/c1-13-5-7-16(8-6-13)24-12-17(22)20-9-10-21-18(23)14-3-2-4-15(19)11-14/h2-8,11H,9-10,12H2,1H3,(H,20,22)(H,21,23). The van der Waals surface area contributed by atoms with Crippen molar-refractivity contribution in [1.29, 1.82) is 0 Å². The molecule has 0 bridgehead atoms. The molecule has 0 saturated carbocycles. The Bertz CT molecular complexity index is 702. The van der Waals surface area contributed by atoms with Gasteiger partial charge in [-0.1, -0.05) is 39.7 Å². The number of rotatable bonds is 7. The van der Waals surface area contributed by atoms with Crippen LogP contribution in [0.3, 0.4) is 0 Å². The second-order valence-corrected chi connectivity index (χ2v) is 6.13. The van der Waals surface area contributed by atoms with Gasteiger partial charge in [-0.05, 0) is 37.3 Å². The van der Waals surface area contributed by atoms with Crippen LogP contribution < -0.4 is 15.4 Å². The highest BCUT2D eigenvalue weighted by Crippen LogP contribution is 2.11. The third-order valence-corrected chi connectivity index (χ3v) is 3.70. The van der Waals surface area contributed by atoms with Crippen molar-refractivity contribution in [2.75, 3.05) is 19.7 Å². The van der Waals surface area contributed by atoms with Crippen LogP contribution in [-0.2, 0) is 4.79 Å². The zero-order chi connectivity index (χ0) is 17.4. The molecular formula is C18H19BrN2O3. The maximum atomic E-state index is 11.9. The lowest BCUT2D eigenvalue weighted by molar-refractivity contribution is -0.123. The first-order valence-electron chi connectivity index (χ1n) is 7.54. The molecule has 0 fully saturated rings. The SMILES string of the molecule is Cc1ccc(OCC(=O)NCCNC(=O)c2cccc(Br)c2)cc1. The summed E-state index contributed by atoms with van der Waals surface area (Å²) in [6.07, 6.45) is 0. The van der Waals surface area contributed by atoms with Gasteiger partial charge in [-0.15, -0.1) is 0 Å². The van der Waals surface area contributed by atoms with Crippen LogP contribution in [0.25, 0.3) is 0 Å². The molecule has 5 nitrogen and oxygen atoms in total. The van der Waals surface area contributed by atoms with Gasteiger partial charge < -0.3 is 15.4 Å². The predicted molar refractivity (Wildman–Crippen MR) is 96.2 cm³/mol. The number of hydrogen-bond donors (Lipinski definition) is 2. The van der Waals surface area contributed by atoms with Crippen molar-refractivity contribution >= 4 is 27.7 Å². The van der Waals surface area contributed by atoms with Gasteiger partial charge in [0.2, 0.25) is 0 Å². The van der Waals surface area contributed by atoms with Crippen molar-refractivity contribution in [3.63, 3.8) is 0 Å². The fourth-order valence-electron chi connectivity index (χ4n) is 1.94. The summed E-state index contributed by atoms with van der Waals surface area (Å²) in [5.74, 6) is 0.243. The monoisotopic (exact) mass is 390 g/mol. The maximum Gasteiger partial charge on any atom is 0.258 e. The molecule has 2 aromatic rings. The Morgan fingerprint density at radius 2 is 1.75 bits per heavy atom. The molecule has 0 radical (unpaired) electrons. The van der Waals surface area contributed by atoms with E-state index < -0.39 is 0 Å². The molecule has 0 spiro atoms. The molecule has 0 unspecified atom stereocenters. The number of benzene rings is 2. The highest BCUT2D eigenvalue weighted by Gasteiger charge is 2.06. The van der Waals surface area contributed by atoms with Crippen LogP contribution in [0.4, 0.5) is 0 Å². The average Bonchev–Trinajstić information content (AvgIpc) is 2.58. The summed E-state index contributed by atoms with van der Waals surface area (Å²) in [4.78, 5) is 23.6. The second-order valence-electron chi connectivity index (χ2n) is 5.22. The van der Waals surface area contributed by atoms with Gasteiger partial charge in [-0.25, -0.2) is 0 Å². The van der Waals surface area contributed by atoms with Crippen molar-refractivity contribution in [2.45, 2.75) is 6.92 Å². The van der Waals surface area contributed by atoms with Gasteiger partial charge in [0.05, 0.1) is 0 Å². The fraction of sp³-hybridized carbons (Fsp3) is 0.222. The minimum absolute atomic E-state index is 0.0529. The van der Waals surface area contributed by atoms with Gasteiger partial charge in [0.25, 0.3) is 11.8 Å². The summed E-state index contributed by atoms with van der Waals surface area (Å²) >= 11 is 3.32. The van der Waals surface area contributed by atoms with Crippen LogP contribution in [0.2, 0.25) is 0 Å². The first-order valence-corrected chi connectivity index (χ1v) is 8.34. The molecule has 2 rings (SSSR count). The minimum atomic E-state index is -0.229. The Morgan fingerprint density at radius 3 is 2.46 bits per heavy atom. The quantitative estimate of drug-likeness (QED) is 0.714. The van der Waals surface area contributed by atoms with Gasteiger partial charge in [-0.2, -0.15) is 0 Å². The third-order valence-electron chi connectivity index (χ3n) is 3.21. The van der Waals surface area contributed by atoms with E-state index in [1.807, 2.05) is 37.3 Å². The zero-order valence-electron chi connectivity index (χ0n) is 13.3. The lowest BCUT2D eigenvalue weighted by Gasteiger charge is -2.09. The first kappa shape index (κ1) is 18.0. The topological polar surface area (TPSA) is 67.4 Å². The third kappa shape index (κ3) is 6.04. The first-order chi connectivity index (χ1) is 11.5. The van der Waals surface area contributed by atoms with Crippen molar-refractivity contribution in [3.05, 3.63) is 64.1 Å². The average molecular weight is 391 g/mol. The van der Waals surface area contributed by atoms with Crippen LogP contribution in [0.1, 0.15) is 15.9 Å². The molecule has 0 heterocycles. The maximum absolute atomic E-state index is 11.9. The normalized spacial score (nSPS) is 10.1. The van der Waals surface area contributed by atoms with Gasteiger partial charge in [-0.3, -0.25) is 9.59 Å². The molecule has 2 aromatic carbocycles. The molecule has 126 valence electrons. The van der Waals surface area contributed by atoms with Crippen molar-refractivity contribution < 1.29 is 14.3 Å². The Labute approximate surface area is 149 Å². The summed E-state index contributed by atoms with van der Waals surface area (Å²) in [7, 11) is 0. The Morgan fingerprint density at radius 1 is 1.04 bits per heavy atom. The summed E-state index contributed by atoms with van der Waals surface area (Å²) in [6.45, 7) is 2.62. The smallest absolute Gasteiger partial charge is 0.258 e. The summed E-state index contributed by atoms with van der Waals surface area (Å²) in [5.41, 5.74) is 1.70. The van der Waals surface area contributed by atoms with E-state index in [4.69, 9.17) is 4.74 Å². The number of carbonyl (C=O) groups excluding carboxylic acids is 2. The molecule has 0 atom stereocenters. The number of hydrogen-bond acceptors (Lipinski definition) is 3. The number of aryl methyl sites for hydroxylation is 1. The van der Waals surface area contributed by atoms with E-state index in [0.717, 1.165) is 10.0 Å². The molecule has 0 aromatic heterocycles. The van der Waals surface area contributed by atoms with Crippen molar-refractivity contribution in [1.82, 2.24) is 10.6 Å². The number of halogens is 1. The van der Waals surface area contributed by atoms with Gasteiger partial charge in [0.1, 0.15) is 5.75 Å². The van der Waals surface area contributed by atoms with E-state index in [9.17, 15) is 9.59 Å². The Hall–Kier alpha value is -2.34. The van der Waals surface area contributed by atoms with E-state index in [2.05, 4.69) is 26.6 Å². The molecule has 2 amide bonds. The lowest BCUT2D eigenvalue weighted by Crippen LogP contribution is -2.36. The fourth-order valence-corrected chi connectivity index (χ4v) is 2.34. The van der Waals surface area contributed by atoms with E-state index in [0.29, 0.717) is 24.4 Å². The lowest BCUT2D eigenvalue weighted by atomic mass is 10.2. The number of carbonyl (C=O) groups is 2. The highest BCUT2D eigenvalue weighted by molar-refractivity contribution is 9.10. The van der Waals surface area contributed by atoms with E-state index >= 15 is 0 Å². The molecular weight excluding hydrogens is 372 g/mol. The van der Waals surface area contributed by atoms with E-state index in [1.165, 1.54) is 0 Å². The summed E-state index contributed by atoms with van der Waals surface area (Å²) < 4.78 is 6.22. The summed E-state index contributed by atoms with van der Waals surface area (Å²) in [6, 6.07) is 14.6. The molecule has 2 N–H and O–H groups in total. The van der Waals surface area contributed by atoms with Crippen LogP contribution in [0.5, 0.6) is 5.75 Å². The van der Waals surface area contributed by atoms with E-state index in [-0.39, 0.29) is 18.4 Å². The van der Waals surface area contributed by atoms with Gasteiger partial charge in [0, 0.05) is 23.1 Å². The zero-order valence-corrected chi connectivity index (χ0v) is 14.9. The number of ether oxygens (including phenoxy) is 1. The molecule has 6 heteroatoms. The van der Waals surface area contributed by atoms with E-state index in [1.54, 1.807) is 18.2 Å². The van der Waals surface area contributed by atoms with Crippen LogP contribution in [0, 0.1) is 6.92 Å². The number of nitrogens with one attached hydrogen (secondary N) is 2. The molecule has 0 saturated heterocycles. The van der Waals surface area contributed by atoms with Crippen LogP contribution in [-0.4, -0.2) is 31.5 Å². The van der Waals surface area contributed by atoms with Gasteiger partial charge in [0.15, 0.2) is 6.61 Å². The van der Waals surface area contributed by atoms with Crippen LogP contribution >= 0.6 is 15.9 Å². The van der Waals surface area contributed by atoms with Crippen molar-refractivity contribution in [2.24, 2.45) is 0 Å². The molecule has 24 heavy (non-hydrogen) atoms. The van der Waals surface area contributed by atoms with Gasteiger partial charge >= 0.3 is 0 Å². The largest absolute Gasteiger partial charge is 0.484 e. The molecule has 0 aliphatic heterocycles. The Balaban J connectivity index is 1.64. The minimum Gasteiger partial charge on any atom is -0.484 e. The Kier molecular flexibility index (Phi) is 6.81. The number of amides is 2. The highest BCUT2D eigenvalue weighted by atomic mass is 79.9. The second kappa shape index (κ2) is 9.08. The van der Waals surface area contributed by atoms with Crippen molar-refractivity contribution in [3.8, 4) is 5.75 Å². The molecule has 0 aliphatic rings. The van der Waals surface area contributed by atoms with Crippen LogP contribution in [0.15, 0.2) is 53.0 Å².